The van der Waals surface area contributed by atoms with Crippen LogP contribution in [0.25, 0.3) is 6.08 Å². The monoisotopic (exact) mass is 427 g/mol. The summed E-state index contributed by atoms with van der Waals surface area (Å²) >= 11 is 1.78. The van der Waals surface area contributed by atoms with Crippen molar-refractivity contribution < 1.29 is 18.9 Å². The number of non-ortho nitro benzene ring substituents is 1. The highest BCUT2D eigenvalue weighted by Gasteiger charge is 2.47. The summed E-state index contributed by atoms with van der Waals surface area (Å²) in [4.78, 5) is 39.0. The van der Waals surface area contributed by atoms with Crippen LogP contribution in [0, 0.1) is 10.1 Å². The Balaban J connectivity index is 1.37. The number of nitro groups is 1. The summed E-state index contributed by atoms with van der Waals surface area (Å²) in [5.41, 5.74) is 0.742. The molecule has 2 saturated heterocycles. The number of hydrogen-bond donors (Lipinski definition) is 0. The van der Waals surface area contributed by atoms with Gasteiger partial charge in [0.2, 0.25) is 5.91 Å². The van der Waals surface area contributed by atoms with Gasteiger partial charge in [-0.1, -0.05) is 0 Å². The zero-order valence-corrected chi connectivity index (χ0v) is 17.0. The number of furan rings is 1. The van der Waals surface area contributed by atoms with Crippen LogP contribution < -0.4 is 0 Å². The van der Waals surface area contributed by atoms with Gasteiger partial charge in [-0.05, 0) is 48.7 Å². The van der Waals surface area contributed by atoms with E-state index in [4.69, 9.17) is 4.42 Å². The Labute approximate surface area is 177 Å². The second kappa shape index (κ2) is 8.35. The Morgan fingerprint density at radius 2 is 1.87 bits per heavy atom. The van der Waals surface area contributed by atoms with Gasteiger partial charge in [0, 0.05) is 43.6 Å². The first kappa shape index (κ1) is 20.2. The van der Waals surface area contributed by atoms with Crippen molar-refractivity contribution in [3.05, 3.63) is 70.2 Å². The minimum atomic E-state index is -0.455. The molecule has 9 heteroatoms. The number of benzene rings is 1. The Kier molecular flexibility index (Phi) is 5.63. The summed E-state index contributed by atoms with van der Waals surface area (Å²) in [5, 5.41) is 10.7. The summed E-state index contributed by atoms with van der Waals surface area (Å²) in [6, 6.07) is 9.44. The number of piperidine rings is 1. The van der Waals surface area contributed by atoms with E-state index in [0.29, 0.717) is 38.2 Å². The normalized spacial score (nSPS) is 18.3. The highest BCUT2D eigenvalue weighted by molar-refractivity contribution is 8.00. The molecule has 0 N–H and O–H groups in total. The Morgan fingerprint density at radius 1 is 1.13 bits per heavy atom. The van der Waals surface area contributed by atoms with Crippen molar-refractivity contribution in [2.24, 2.45) is 0 Å². The topological polar surface area (TPSA) is 96.9 Å². The van der Waals surface area contributed by atoms with Crippen LogP contribution in [-0.4, -0.2) is 56.8 Å². The largest absolute Gasteiger partial charge is 0.459 e. The average Bonchev–Trinajstić information content (AvgIpc) is 3.43. The van der Waals surface area contributed by atoms with Crippen LogP contribution in [0.15, 0.2) is 53.2 Å². The molecule has 8 nitrogen and oxygen atoms in total. The fourth-order valence-corrected chi connectivity index (χ4v) is 5.35. The summed E-state index contributed by atoms with van der Waals surface area (Å²) in [6.07, 6.45) is 6.07. The minimum absolute atomic E-state index is 0.0162. The molecule has 0 bridgehead atoms. The average molecular weight is 427 g/mol. The molecule has 1 aromatic carbocycles. The minimum Gasteiger partial charge on any atom is -0.459 e. The van der Waals surface area contributed by atoms with Crippen molar-refractivity contribution in [3.63, 3.8) is 0 Å². The van der Waals surface area contributed by atoms with Gasteiger partial charge in [0.25, 0.3) is 11.6 Å². The second-order valence-electron chi connectivity index (χ2n) is 7.24. The van der Waals surface area contributed by atoms with Crippen molar-refractivity contribution >= 4 is 35.3 Å². The number of likely N-dealkylation sites (tertiary alicyclic amines) is 1. The van der Waals surface area contributed by atoms with E-state index in [9.17, 15) is 19.7 Å². The summed E-state index contributed by atoms with van der Waals surface area (Å²) in [7, 11) is 0. The maximum Gasteiger partial charge on any atom is 0.290 e. The number of carbonyl (C=O) groups is 2. The van der Waals surface area contributed by atoms with Gasteiger partial charge >= 0.3 is 0 Å². The third-order valence-electron chi connectivity index (χ3n) is 5.53. The third-order valence-corrected chi connectivity index (χ3v) is 7.09. The predicted molar refractivity (Wildman–Crippen MR) is 113 cm³/mol. The van der Waals surface area contributed by atoms with Gasteiger partial charge in [-0.25, -0.2) is 0 Å². The fourth-order valence-electron chi connectivity index (χ4n) is 3.90. The van der Waals surface area contributed by atoms with E-state index < -0.39 is 4.92 Å². The van der Waals surface area contributed by atoms with E-state index in [2.05, 4.69) is 0 Å². The maximum atomic E-state index is 12.8. The molecule has 2 amide bonds. The molecule has 1 aromatic heterocycles. The molecular weight excluding hydrogens is 406 g/mol. The zero-order chi connectivity index (χ0) is 21.1. The Hall–Kier alpha value is -3.07. The van der Waals surface area contributed by atoms with Crippen LogP contribution in [0.3, 0.4) is 0 Å². The quantitative estimate of drug-likeness (QED) is 0.421. The first-order valence-electron chi connectivity index (χ1n) is 9.69. The summed E-state index contributed by atoms with van der Waals surface area (Å²) in [5.74, 6) is 1.03. The number of nitrogens with zero attached hydrogens (tertiary/aromatic N) is 3. The van der Waals surface area contributed by atoms with Crippen molar-refractivity contribution in [2.75, 3.05) is 25.4 Å². The SMILES string of the molecule is O=C(C=Cc1ccc([N+](=O)[O-])cc1)N1CCC2(CC1)SCCN2C(=O)c1ccco1. The first-order chi connectivity index (χ1) is 14.5. The van der Waals surface area contributed by atoms with E-state index in [1.807, 2.05) is 4.90 Å². The van der Waals surface area contributed by atoms with Crippen LogP contribution in [-0.2, 0) is 4.79 Å². The zero-order valence-electron chi connectivity index (χ0n) is 16.2. The number of rotatable bonds is 4. The van der Waals surface area contributed by atoms with Gasteiger partial charge in [0.15, 0.2) is 5.76 Å². The number of nitro benzene ring substituents is 1. The van der Waals surface area contributed by atoms with E-state index in [0.717, 1.165) is 11.3 Å². The van der Waals surface area contributed by atoms with Crippen LogP contribution in [0.4, 0.5) is 5.69 Å². The van der Waals surface area contributed by atoms with Gasteiger partial charge in [0.05, 0.1) is 16.1 Å². The molecule has 1 spiro atoms. The first-order valence-corrected chi connectivity index (χ1v) is 10.7. The lowest BCUT2D eigenvalue weighted by Gasteiger charge is -2.43. The van der Waals surface area contributed by atoms with Crippen molar-refractivity contribution in [1.82, 2.24) is 9.80 Å². The van der Waals surface area contributed by atoms with Crippen LogP contribution in [0.5, 0.6) is 0 Å². The molecule has 0 atom stereocenters. The lowest BCUT2D eigenvalue weighted by Crippen LogP contribution is -2.53. The molecule has 0 radical (unpaired) electrons. The van der Waals surface area contributed by atoms with E-state index in [1.165, 1.54) is 24.5 Å². The van der Waals surface area contributed by atoms with Crippen molar-refractivity contribution in [1.29, 1.82) is 0 Å². The number of thioether (sulfide) groups is 1. The predicted octanol–water partition coefficient (Wildman–Crippen LogP) is 3.41. The molecule has 2 aliphatic rings. The molecule has 3 heterocycles. The van der Waals surface area contributed by atoms with Gasteiger partial charge in [0.1, 0.15) is 0 Å². The van der Waals surface area contributed by atoms with Gasteiger partial charge in [-0.2, -0.15) is 0 Å². The molecule has 0 unspecified atom stereocenters. The molecular formula is C21H21N3O5S. The molecule has 2 fully saturated rings. The summed E-state index contributed by atoms with van der Waals surface area (Å²) in [6.45, 7) is 1.81. The smallest absolute Gasteiger partial charge is 0.290 e. The molecule has 2 aliphatic heterocycles. The van der Waals surface area contributed by atoms with E-state index in [1.54, 1.807) is 47.0 Å². The molecule has 4 rings (SSSR count). The van der Waals surface area contributed by atoms with Crippen LogP contribution in [0.2, 0.25) is 0 Å². The third kappa shape index (κ3) is 3.97. The Bertz CT molecular complexity index is 963. The lowest BCUT2D eigenvalue weighted by atomic mass is 10.0. The lowest BCUT2D eigenvalue weighted by molar-refractivity contribution is -0.384. The molecule has 30 heavy (non-hydrogen) atoms. The van der Waals surface area contributed by atoms with Gasteiger partial charge in [-0.3, -0.25) is 19.7 Å². The standard InChI is InChI=1S/C21H21N3O5S/c25-19(8-5-16-3-6-17(7-4-16)24(27)28)22-11-9-21(10-12-22)23(13-15-30-21)20(26)18-2-1-14-29-18/h1-8,14H,9-13,15H2. The van der Waals surface area contributed by atoms with Crippen molar-refractivity contribution in [3.8, 4) is 0 Å². The van der Waals surface area contributed by atoms with Gasteiger partial charge < -0.3 is 14.2 Å². The van der Waals surface area contributed by atoms with E-state index in [-0.39, 0.29) is 22.4 Å². The van der Waals surface area contributed by atoms with Crippen LogP contribution in [0.1, 0.15) is 29.0 Å². The van der Waals surface area contributed by atoms with Gasteiger partial charge in [-0.15, -0.1) is 11.8 Å². The second-order valence-corrected chi connectivity index (χ2v) is 8.69. The number of amides is 2. The molecule has 0 aliphatic carbocycles. The van der Waals surface area contributed by atoms with Crippen molar-refractivity contribution in [2.45, 2.75) is 17.7 Å². The summed E-state index contributed by atoms with van der Waals surface area (Å²) < 4.78 is 5.28. The maximum absolute atomic E-state index is 12.8. The number of hydrogen-bond acceptors (Lipinski definition) is 6. The van der Waals surface area contributed by atoms with E-state index >= 15 is 0 Å². The highest BCUT2D eigenvalue weighted by Crippen LogP contribution is 2.44. The molecule has 0 saturated carbocycles. The van der Waals surface area contributed by atoms with Crippen LogP contribution >= 0.6 is 11.8 Å². The fraction of sp³-hybridized carbons (Fsp3) is 0.333. The molecule has 2 aromatic rings. The highest BCUT2D eigenvalue weighted by atomic mass is 32.2. The molecule has 156 valence electrons. The number of carbonyl (C=O) groups excluding carboxylic acids is 2. The Morgan fingerprint density at radius 3 is 2.50 bits per heavy atom.